The zero-order valence-electron chi connectivity index (χ0n) is 10.8. The van der Waals surface area contributed by atoms with Crippen LogP contribution in [0.5, 0.6) is 0 Å². The Morgan fingerprint density at radius 3 is 2.57 bits per heavy atom. The first-order valence-corrected chi connectivity index (χ1v) is 7.59. The summed E-state index contributed by atoms with van der Waals surface area (Å²) >= 11 is 15.3. The Balaban J connectivity index is 2.27. The number of rotatable bonds is 1. The molecule has 106 valence electrons. The second-order valence-corrected chi connectivity index (χ2v) is 6.23. The monoisotopic (exact) mass is 384 g/mol. The predicted molar refractivity (Wildman–Crippen MR) is 87.4 cm³/mol. The number of fused-ring (bicyclic) bond motifs is 1. The molecule has 0 unspecified atom stereocenters. The maximum absolute atomic E-state index is 13.7. The van der Waals surface area contributed by atoms with E-state index in [1.165, 1.54) is 6.07 Å². The number of halogens is 4. The number of nitrogens with zero attached hydrogens (tertiary/aromatic N) is 2. The molecule has 0 N–H and O–H groups in total. The molecule has 0 bridgehead atoms. The molecule has 0 aliphatic rings. The molecule has 0 radical (unpaired) electrons. The molecule has 6 heteroatoms. The van der Waals surface area contributed by atoms with Crippen molar-refractivity contribution >= 4 is 50.0 Å². The predicted octanol–water partition coefficient (Wildman–Crippen LogP) is 5.81. The molecule has 3 aromatic rings. The summed E-state index contributed by atoms with van der Waals surface area (Å²) in [6.07, 6.45) is 0. The van der Waals surface area contributed by atoms with Gasteiger partial charge in [-0.25, -0.2) is 14.4 Å². The van der Waals surface area contributed by atoms with Crippen LogP contribution in [0.15, 0.2) is 34.8 Å². The quantitative estimate of drug-likeness (QED) is 0.493. The van der Waals surface area contributed by atoms with Gasteiger partial charge in [-0.1, -0.05) is 23.2 Å². The van der Waals surface area contributed by atoms with Gasteiger partial charge in [0.2, 0.25) is 0 Å². The van der Waals surface area contributed by atoms with Crippen molar-refractivity contribution in [3.63, 3.8) is 0 Å². The highest BCUT2D eigenvalue weighted by atomic mass is 79.9. The first-order valence-electron chi connectivity index (χ1n) is 6.04. The lowest BCUT2D eigenvalue weighted by molar-refractivity contribution is 0.623. The molecule has 1 aromatic heterocycles. The van der Waals surface area contributed by atoms with Gasteiger partial charge in [0.25, 0.3) is 0 Å². The Bertz CT molecular complexity index is 868. The fourth-order valence-corrected chi connectivity index (χ4v) is 2.89. The lowest BCUT2D eigenvalue weighted by Crippen LogP contribution is -1.95. The zero-order chi connectivity index (χ0) is 15.1. The van der Waals surface area contributed by atoms with Gasteiger partial charge in [-0.3, -0.25) is 0 Å². The molecule has 0 saturated carbocycles. The van der Waals surface area contributed by atoms with E-state index in [0.29, 0.717) is 26.2 Å². The van der Waals surface area contributed by atoms with Crippen LogP contribution in [0.2, 0.25) is 10.2 Å². The van der Waals surface area contributed by atoms with E-state index in [1.807, 2.05) is 19.1 Å². The van der Waals surface area contributed by atoms with Crippen molar-refractivity contribution in [1.29, 1.82) is 0 Å². The summed E-state index contributed by atoms with van der Waals surface area (Å²) in [6.45, 7) is 1.91. The average molecular weight is 386 g/mol. The van der Waals surface area contributed by atoms with Crippen LogP contribution >= 0.6 is 39.1 Å². The molecule has 0 saturated heterocycles. The molecule has 0 aliphatic heterocycles. The summed E-state index contributed by atoms with van der Waals surface area (Å²) in [6, 6.07) is 8.31. The van der Waals surface area contributed by atoms with Crippen LogP contribution < -0.4 is 0 Å². The van der Waals surface area contributed by atoms with Crippen molar-refractivity contribution < 1.29 is 4.39 Å². The summed E-state index contributed by atoms with van der Waals surface area (Å²) in [5, 5.41) is 1.52. The molecule has 0 fully saturated rings. The molecule has 3 rings (SSSR count). The third-order valence-electron chi connectivity index (χ3n) is 3.12. The van der Waals surface area contributed by atoms with Gasteiger partial charge in [0.15, 0.2) is 5.82 Å². The van der Waals surface area contributed by atoms with E-state index in [9.17, 15) is 4.39 Å². The first-order chi connectivity index (χ1) is 9.95. The Morgan fingerprint density at radius 2 is 1.86 bits per heavy atom. The highest BCUT2D eigenvalue weighted by Gasteiger charge is 2.12. The molecule has 2 nitrogen and oxygen atoms in total. The third-order valence-corrected chi connectivity index (χ3v) is 4.25. The second-order valence-electron chi connectivity index (χ2n) is 4.58. The minimum Gasteiger partial charge on any atom is -0.228 e. The van der Waals surface area contributed by atoms with Gasteiger partial charge in [-0.2, -0.15) is 0 Å². The van der Waals surface area contributed by atoms with Gasteiger partial charge in [0.05, 0.1) is 9.99 Å². The third kappa shape index (κ3) is 2.76. The molecular weight excluding hydrogens is 378 g/mol. The normalized spacial score (nSPS) is 11.1. The van der Waals surface area contributed by atoms with E-state index >= 15 is 0 Å². The first kappa shape index (κ1) is 14.7. The van der Waals surface area contributed by atoms with Crippen LogP contribution in [-0.4, -0.2) is 9.97 Å². The molecule has 0 amide bonds. The van der Waals surface area contributed by atoms with E-state index in [4.69, 9.17) is 23.2 Å². The van der Waals surface area contributed by atoms with Crippen molar-refractivity contribution in [3.8, 4) is 11.4 Å². The van der Waals surface area contributed by atoms with E-state index in [2.05, 4.69) is 25.9 Å². The topological polar surface area (TPSA) is 25.8 Å². The Hall–Kier alpha value is -1.23. The maximum atomic E-state index is 13.7. The van der Waals surface area contributed by atoms with Crippen LogP contribution in [0.4, 0.5) is 4.39 Å². The maximum Gasteiger partial charge on any atom is 0.161 e. The lowest BCUT2D eigenvalue weighted by atomic mass is 10.1. The molecular formula is C15H8BrCl2FN2. The molecule has 0 aliphatic carbocycles. The van der Waals surface area contributed by atoms with Crippen molar-refractivity contribution in [2.75, 3.05) is 0 Å². The SMILES string of the molecule is Cc1cc(Cl)ccc1-c1nc(Cl)c2cc(Br)c(F)cc2n1. The van der Waals surface area contributed by atoms with Crippen LogP contribution in [0.3, 0.4) is 0 Å². The highest BCUT2D eigenvalue weighted by molar-refractivity contribution is 9.10. The van der Waals surface area contributed by atoms with E-state index in [1.54, 1.807) is 12.1 Å². The Kier molecular flexibility index (Phi) is 3.86. The lowest BCUT2D eigenvalue weighted by Gasteiger charge is -2.08. The zero-order valence-corrected chi connectivity index (χ0v) is 13.9. The molecule has 21 heavy (non-hydrogen) atoms. The van der Waals surface area contributed by atoms with Crippen molar-refractivity contribution in [1.82, 2.24) is 9.97 Å². The van der Waals surface area contributed by atoms with Crippen molar-refractivity contribution in [3.05, 3.63) is 56.4 Å². The van der Waals surface area contributed by atoms with Crippen molar-refractivity contribution in [2.45, 2.75) is 6.92 Å². The van der Waals surface area contributed by atoms with E-state index in [-0.39, 0.29) is 5.15 Å². The fraction of sp³-hybridized carbons (Fsp3) is 0.0667. The Morgan fingerprint density at radius 1 is 1.10 bits per heavy atom. The summed E-state index contributed by atoms with van der Waals surface area (Å²) in [5.41, 5.74) is 2.20. The van der Waals surface area contributed by atoms with Crippen LogP contribution in [0.1, 0.15) is 5.56 Å². The number of aryl methyl sites for hydroxylation is 1. The van der Waals surface area contributed by atoms with Gasteiger partial charge in [0, 0.05) is 22.0 Å². The minimum atomic E-state index is -0.393. The van der Waals surface area contributed by atoms with Gasteiger partial charge in [-0.15, -0.1) is 0 Å². The number of hydrogen-bond acceptors (Lipinski definition) is 2. The van der Waals surface area contributed by atoms with Gasteiger partial charge in [-0.05, 0) is 52.7 Å². The molecule has 2 aromatic carbocycles. The standard InChI is InChI=1S/C15H8BrCl2FN2/c1-7-4-8(17)2-3-9(7)15-20-13-6-12(19)11(16)5-10(13)14(18)21-15/h2-6H,1H3. The molecule has 1 heterocycles. The van der Waals surface area contributed by atoms with Crippen LogP contribution in [0, 0.1) is 12.7 Å². The summed E-state index contributed by atoms with van der Waals surface area (Å²) in [5.74, 6) is 0.0550. The smallest absolute Gasteiger partial charge is 0.161 e. The van der Waals surface area contributed by atoms with Crippen molar-refractivity contribution in [2.24, 2.45) is 0 Å². The van der Waals surface area contributed by atoms with Gasteiger partial charge >= 0.3 is 0 Å². The Labute approximate surface area is 139 Å². The summed E-state index contributed by atoms with van der Waals surface area (Å²) in [4.78, 5) is 8.70. The van der Waals surface area contributed by atoms with Crippen LogP contribution in [-0.2, 0) is 0 Å². The molecule has 0 atom stereocenters. The van der Waals surface area contributed by atoms with E-state index in [0.717, 1.165) is 11.1 Å². The minimum absolute atomic E-state index is 0.282. The summed E-state index contributed by atoms with van der Waals surface area (Å²) in [7, 11) is 0. The largest absolute Gasteiger partial charge is 0.228 e. The molecule has 0 spiro atoms. The van der Waals surface area contributed by atoms with Crippen LogP contribution in [0.25, 0.3) is 22.3 Å². The number of hydrogen-bond donors (Lipinski definition) is 0. The fourth-order valence-electron chi connectivity index (χ4n) is 2.08. The highest BCUT2D eigenvalue weighted by Crippen LogP contribution is 2.30. The average Bonchev–Trinajstić information content (AvgIpc) is 2.41. The van der Waals surface area contributed by atoms with Gasteiger partial charge in [0.1, 0.15) is 11.0 Å². The van der Waals surface area contributed by atoms with E-state index < -0.39 is 5.82 Å². The second kappa shape index (κ2) is 5.52. The van der Waals surface area contributed by atoms with Gasteiger partial charge < -0.3 is 0 Å². The number of benzene rings is 2. The summed E-state index contributed by atoms with van der Waals surface area (Å²) < 4.78 is 14.0. The number of aromatic nitrogens is 2.